The van der Waals surface area contributed by atoms with Gasteiger partial charge < -0.3 is 11.1 Å². The average molecular weight is 326 g/mol. The highest BCUT2D eigenvalue weighted by Crippen LogP contribution is 2.32. The molecule has 3 N–H and O–H groups in total. The Labute approximate surface area is 122 Å². The van der Waals surface area contributed by atoms with E-state index < -0.39 is 0 Å². The Bertz CT molecular complexity index is 492. The summed E-state index contributed by atoms with van der Waals surface area (Å²) in [6.45, 7) is 4.57. The molecule has 5 heteroatoms. The molecule has 1 saturated heterocycles. The molecule has 1 unspecified atom stereocenters. The van der Waals surface area contributed by atoms with Crippen LogP contribution in [0.5, 0.6) is 0 Å². The van der Waals surface area contributed by atoms with E-state index in [1.807, 2.05) is 19.1 Å². The van der Waals surface area contributed by atoms with Gasteiger partial charge >= 0.3 is 0 Å². The van der Waals surface area contributed by atoms with Crippen molar-refractivity contribution in [3.8, 4) is 0 Å². The number of halogens is 1. The fourth-order valence-corrected chi connectivity index (χ4v) is 3.03. The fraction of sp³-hybridized carbons (Fsp3) is 0.500. The molecule has 1 atom stereocenters. The van der Waals surface area contributed by atoms with Crippen molar-refractivity contribution in [3.63, 3.8) is 0 Å². The first kappa shape index (κ1) is 14.3. The Hall–Kier alpha value is -1.07. The van der Waals surface area contributed by atoms with Crippen LogP contribution in [0.2, 0.25) is 0 Å². The monoisotopic (exact) mass is 325 g/mol. The molecule has 0 aromatic heterocycles. The summed E-state index contributed by atoms with van der Waals surface area (Å²) < 4.78 is 0.962. The van der Waals surface area contributed by atoms with E-state index in [9.17, 15) is 4.79 Å². The van der Waals surface area contributed by atoms with E-state index in [0.717, 1.165) is 36.2 Å². The second kappa shape index (κ2) is 5.51. The molecule has 1 aromatic carbocycles. The Balaban J connectivity index is 2.06. The summed E-state index contributed by atoms with van der Waals surface area (Å²) in [7, 11) is 1.70. The molecule has 19 heavy (non-hydrogen) atoms. The first-order chi connectivity index (χ1) is 8.96. The molecule has 0 saturated carbocycles. The third kappa shape index (κ3) is 2.92. The van der Waals surface area contributed by atoms with Crippen molar-refractivity contribution in [1.29, 1.82) is 0 Å². The van der Waals surface area contributed by atoms with Crippen LogP contribution in [0, 0.1) is 5.41 Å². The number of nitrogens with two attached hydrogens (primary N) is 1. The Morgan fingerprint density at radius 1 is 1.58 bits per heavy atom. The summed E-state index contributed by atoms with van der Waals surface area (Å²) >= 11 is 3.53. The molecule has 0 bridgehead atoms. The van der Waals surface area contributed by atoms with Gasteiger partial charge in [0.05, 0.1) is 5.41 Å². The van der Waals surface area contributed by atoms with Crippen molar-refractivity contribution in [1.82, 2.24) is 10.2 Å². The van der Waals surface area contributed by atoms with Crippen LogP contribution in [0.3, 0.4) is 0 Å². The highest BCUT2D eigenvalue weighted by Gasteiger charge is 2.39. The van der Waals surface area contributed by atoms with Crippen molar-refractivity contribution in [2.45, 2.75) is 19.9 Å². The number of nitrogens with zero attached hydrogens (tertiary/aromatic N) is 1. The lowest BCUT2D eigenvalue weighted by Gasteiger charge is -2.23. The zero-order valence-electron chi connectivity index (χ0n) is 11.4. The fourth-order valence-electron chi connectivity index (χ4n) is 2.64. The SMILES string of the molecule is CNC(=O)C1(C)CCN(Cc2cccc(N)c2Br)C1. The molecule has 0 aliphatic carbocycles. The number of nitrogens with one attached hydrogen (secondary N) is 1. The number of carbonyl (C=O) groups excluding carboxylic acids is 1. The van der Waals surface area contributed by atoms with E-state index in [1.54, 1.807) is 7.05 Å². The van der Waals surface area contributed by atoms with Crippen LogP contribution in [0.25, 0.3) is 0 Å². The minimum absolute atomic E-state index is 0.127. The molecule has 1 aliphatic rings. The van der Waals surface area contributed by atoms with Crippen LogP contribution in [-0.4, -0.2) is 30.9 Å². The molecule has 104 valence electrons. The summed E-state index contributed by atoms with van der Waals surface area (Å²) in [6.07, 6.45) is 0.895. The largest absolute Gasteiger partial charge is 0.398 e. The van der Waals surface area contributed by atoms with Crippen molar-refractivity contribution >= 4 is 27.5 Å². The predicted octanol–water partition coefficient (Wildman–Crippen LogP) is 1.99. The summed E-state index contributed by atoms with van der Waals surface area (Å²) in [5, 5.41) is 2.76. The number of nitrogen functional groups attached to an aromatic ring is 1. The molecule has 4 nitrogen and oxygen atoms in total. The predicted molar refractivity (Wildman–Crippen MR) is 80.6 cm³/mol. The second-order valence-electron chi connectivity index (χ2n) is 5.42. The number of amides is 1. The molecule has 1 aliphatic heterocycles. The minimum Gasteiger partial charge on any atom is -0.398 e. The molecule has 1 fully saturated rings. The lowest BCUT2D eigenvalue weighted by molar-refractivity contribution is -0.129. The third-order valence-electron chi connectivity index (χ3n) is 3.83. The highest BCUT2D eigenvalue weighted by molar-refractivity contribution is 9.10. The lowest BCUT2D eigenvalue weighted by atomic mass is 9.89. The standard InChI is InChI=1S/C14H20BrN3O/c1-14(13(19)17-2)6-7-18(9-14)8-10-4-3-5-11(16)12(10)15/h3-5H,6-9,16H2,1-2H3,(H,17,19). The van der Waals surface area contributed by atoms with Gasteiger partial charge in [0.2, 0.25) is 5.91 Å². The number of anilines is 1. The van der Waals surface area contributed by atoms with E-state index in [1.165, 1.54) is 5.56 Å². The maximum atomic E-state index is 11.9. The molecular weight excluding hydrogens is 306 g/mol. The van der Waals surface area contributed by atoms with Gasteiger partial charge in [-0.25, -0.2) is 0 Å². The normalized spacial score (nSPS) is 23.5. The van der Waals surface area contributed by atoms with Crippen LogP contribution in [0.4, 0.5) is 5.69 Å². The first-order valence-corrected chi connectivity index (χ1v) is 7.23. The zero-order valence-corrected chi connectivity index (χ0v) is 13.0. The van der Waals surface area contributed by atoms with Crippen LogP contribution in [0.15, 0.2) is 22.7 Å². The van der Waals surface area contributed by atoms with Crippen molar-refractivity contribution < 1.29 is 4.79 Å². The van der Waals surface area contributed by atoms with E-state index >= 15 is 0 Å². The Kier molecular flexibility index (Phi) is 4.16. The number of hydrogen-bond donors (Lipinski definition) is 2. The third-order valence-corrected chi connectivity index (χ3v) is 4.80. The smallest absolute Gasteiger partial charge is 0.227 e. The number of benzene rings is 1. The van der Waals surface area contributed by atoms with Gasteiger partial charge in [-0.15, -0.1) is 0 Å². The quantitative estimate of drug-likeness (QED) is 0.835. The first-order valence-electron chi connectivity index (χ1n) is 6.44. The molecular formula is C14H20BrN3O. The van der Waals surface area contributed by atoms with Crippen molar-refractivity contribution in [2.24, 2.45) is 5.41 Å². The lowest BCUT2D eigenvalue weighted by Crippen LogP contribution is -2.39. The molecule has 0 spiro atoms. The number of rotatable bonds is 3. The topological polar surface area (TPSA) is 58.4 Å². The van der Waals surface area contributed by atoms with Crippen LogP contribution < -0.4 is 11.1 Å². The minimum atomic E-state index is -0.276. The molecule has 1 amide bonds. The zero-order chi connectivity index (χ0) is 14.0. The van der Waals surface area contributed by atoms with Crippen molar-refractivity contribution in [2.75, 3.05) is 25.9 Å². The Morgan fingerprint density at radius 2 is 2.32 bits per heavy atom. The maximum absolute atomic E-state index is 11.9. The van der Waals surface area contributed by atoms with E-state index in [4.69, 9.17) is 5.73 Å². The molecule has 1 heterocycles. The molecule has 1 aromatic rings. The van der Waals surface area contributed by atoms with Crippen LogP contribution >= 0.6 is 15.9 Å². The van der Waals surface area contributed by atoms with E-state index in [-0.39, 0.29) is 11.3 Å². The van der Waals surface area contributed by atoms with Gasteiger partial charge in [-0.05, 0) is 47.4 Å². The summed E-state index contributed by atoms with van der Waals surface area (Å²) in [6, 6.07) is 5.91. The Morgan fingerprint density at radius 3 is 3.00 bits per heavy atom. The van der Waals surface area contributed by atoms with Gasteiger partial charge in [0.15, 0.2) is 0 Å². The number of hydrogen-bond acceptors (Lipinski definition) is 3. The average Bonchev–Trinajstić information content (AvgIpc) is 2.77. The van der Waals surface area contributed by atoms with E-state index in [2.05, 4.69) is 32.2 Å². The maximum Gasteiger partial charge on any atom is 0.227 e. The van der Waals surface area contributed by atoms with Gasteiger partial charge in [0, 0.05) is 30.3 Å². The van der Waals surface area contributed by atoms with Gasteiger partial charge in [-0.3, -0.25) is 9.69 Å². The van der Waals surface area contributed by atoms with Gasteiger partial charge in [0.1, 0.15) is 0 Å². The number of carbonyl (C=O) groups is 1. The van der Waals surface area contributed by atoms with Crippen LogP contribution in [-0.2, 0) is 11.3 Å². The van der Waals surface area contributed by atoms with Gasteiger partial charge in [-0.1, -0.05) is 12.1 Å². The summed E-state index contributed by atoms with van der Waals surface area (Å²) in [5.74, 6) is 0.127. The highest BCUT2D eigenvalue weighted by atomic mass is 79.9. The number of likely N-dealkylation sites (tertiary alicyclic amines) is 1. The van der Waals surface area contributed by atoms with Gasteiger partial charge in [-0.2, -0.15) is 0 Å². The van der Waals surface area contributed by atoms with Gasteiger partial charge in [0.25, 0.3) is 0 Å². The summed E-state index contributed by atoms with van der Waals surface area (Å²) in [5.41, 5.74) is 7.54. The van der Waals surface area contributed by atoms with Crippen molar-refractivity contribution in [3.05, 3.63) is 28.2 Å². The van der Waals surface area contributed by atoms with E-state index in [0.29, 0.717) is 0 Å². The van der Waals surface area contributed by atoms with Crippen LogP contribution in [0.1, 0.15) is 18.9 Å². The second-order valence-corrected chi connectivity index (χ2v) is 6.21. The molecule has 2 rings (SSSR count). The molecule has 0 radical (unpaired) electrons. The summed E-state index contributed by atoms with van der Waals surface area (Å²) in [4.78, 5) is 14.2.